The minimum Gasteiger partial charge on any atom is -0.413 e. The molecule has 3 heterocycles. The van der Waals surface area contributed by atoms with E-state index in [0.29, 0.717) is 31.4 Å². The maximum absolute atomic E-state index is 12.5. The van der Waals surface area contributed by atoms with Crippen LogP contribution in [0.5, 0.6) is 5.75 Å². The Morgan fingerprint density at radius 2 is 1.90 bits per heavy atom. The van der Waals surface area contributed by atoms with Crippen molar-refractivity contribution in [1.29, 1.82) is 0 Å². The highest BCUT2D eigenvalue weighted by Gasteiger charge is 2.24. The van der Waals surface area contributed by atoms with Crippen molar-refractivity contribution >= 4 is 6.09 Å². The Morgan fingerprint density at radius 1 is 1.10 bits per heavy atom. The number of piperidine rings is 1. The van der Waals surface area contributed by atoms with Gasteiger partial charge in [0.15, 0.2) is 0 Å². The van der Waals surface area contributed by atoms with E-state index < -0.39 is 0 Å². The maximum Gasteiger partial charge on any atom is 0.415 e. The molecule has 4 rings (SSSR count). The number of ether oxygens (including phenoxy) is 1. The molecule has 0 bridgehead atoms. The summed E-state index contributed by atoms with van der Waals surface area (Å²) < 4.78 is 7.18. The summed E-state index contributed by atoms with van der Waals surface area (Å²) >= 11 is 0. The van der Waals surface area contributed by atoms with Gasteiger partial charge in [0.25, 0.3) is 0 Å². The van der Waals surface area contributed by atoms with Gasteiger partial charge in [-0.3, -0.25) is 4.98 Å². The summed E-state index contributed by atoms with van der Waals surface area (Å²) in [5.41, 5.74) is 3.45. The van der Waals surface area contributed by atoms with Crippen molar-refractivity contribution in [2.24, 2.45) is 5.92 Å². The molecule has 0 atom stereocenters. The molecular formula is C24H28N4O3. The van der Waals surface area contributed by atoms with Gasteiger partial charge in [-0.2, -0.15) is 4.73 Å². The van der Waals surface area contributed by atoms with E-state index in [1.807, 2.05) is 37.4 Å². The van der Waals surface area contributed by atoms with E-state index in [-0.39, 0.29) is 6.09 Å². The van der Waals surface area contributed by atoms with Crippen molar-refractivity contribution in [3.8, 4) is 5.75 Å². The number of hydrogen-bond donors (Lipinski definition) is 0. The van der Waals surface area contributed by atoms with Crippen LogP contribution in [0.1, 0.15) is 29.7 Å². The van der Waals surface area contributed by atoms with Crippen LogP contribution in [0.25, 0.3) is 0 Å². The van der Waals surface area contributed by atoms with Crippen LogP contribution in [0.2, 0.25) is 0 Å². The summed E-state index contributed by atoms with van der Waals surface area (Å²) in [6.07, 6.45) is 10.3. The molecule has 0 unspecified atom stereocenters. The summed E-state index contributed by atoms with van der Waals surface area (Å²) in [5, 5.41) is 0. The quantitative estimate of drug-likeness (QED) is 0.583. The summed E-state index contributed by atoms with van der Waals surface area (Å²) in [4.78, 5) is 28.3. The number of carbonyl (C=O) groups is 1. The first-order valence-electron chi connectivity index (χ1n) is 10.7. The number of hydrogen-bond acceptors (Lipinski definition) is 5. The van der Waals surface area contributed by atoms with Crippen molar-refractivity contribution in [2.75, 3.05) is 19.7 Å². The summed E-state index contributed by atoms with van der Waals surface area (Å²) in [6, 6.07) is 11.9. The van der Waals surface area contributed by atoms with Gasteiger partial charge in [0.1, 0.15) is 18.7 Å². The molecule has 1 aromatic carbocycles. The first-order valence-corrected chi connectivity index (χ1v) is 10.7. The van der Waals surface area contributed by atoms with Crippen molar-refractivity contribution < 1.29 is 14.4 Å². The molecule has 31 heavy (non-hydrogen) atoms. The number of imidazole rings is 1. The van der Waals surface area contributed by atoms with Gasteiger partial charge in [-0.25, -0.2) is 9.78 Å². The number of pyridine rings is 1. The van der Waals surface area contributed by atoms with Gasteiger partial charge in [0.2, 0.25) is 0 Å². The predicted octanol–water partition coefficient (Wildman–Crippen LogP) is 3.71. The van der Waals surface area contributed by atoms with Gasteiger partial charge >= 0.3 is 6.09 Å². The predicted molar refractivity (Wildman–Crippen MR) is 117 cm³/mol. The van der Waals surface area contributed by atoms with Crippen molar-refractivity contribution in [3.63, 3.8) is 0 Å². The molecule has 1 fully saturated rings. The third kappa shape index (κ3) is 6.07. The molecule has 1 aliphatic rings. The molecule has 7 nitrogen and oxygen atoms in total. The molecule has 1 saturated heterocycles. The number of benzene rings is 1. The van der Waals surface area contributed by atoms with Gasteiger partial charge in [-0.05, 0) is 67.9 Å². The molecule has 3 aromatic rings. The molecule has 0 radical (unpaired) electrons. The lowest BCUT2D eigenvalue weighted by Gasteiger charge is -2.30. The SMILES string of the molecule is Cc1ccc(CCc2ccc(OC(=O)N3CCC(COn4ccnc4)CC3)cc2)nc1. The van der Waals surface area contributed by atoms with Gasteiger partial charge < -0.3 is 14.5 Å². The third-order valence-electron chi connectivity index (χ3n) is 5.58. The highest BCUT2D eigenvalue weighted by Crippen LogP contribution is 2.20. The molecule has 1 aliphatic heterocycles. The highest BCUT2D eigenvalue weighted by atomic mass is 16.7. The van der Waals surface area contributed by atoms with Crippen molar-refractivity contribution in [2.45, 2.75) is 32.6 Å². The van der Waals surface area contributed by atoms with Crippen LogP contribution >= 0.6 is 0 Å². The Hall–Kier alpha value is -3.35. The standard InChI is InChI=1S/C24H28N4O3/c1-19-2-6-22(26-16-19)7-3-20-4-8-23(9-5-20)31-24(29)27-13-10-21(11-14-27)17-30-28-15-12-25-18-28/h2,4-6,8-9,12,15-16,18,21H,3,7,10-11,13-14,17H2,1H3. The number of amides is 1. The Morgan fingerprint density at radius 3 is 2.58 bits per heavy atom. The Labute approximate surface area is 182 Å². The first-order chi connectivity index (χ1) is 15.2. The lowest BCUT2D eigenvalue weighted by atomic mass is 9.98. The van der Waals surface area contributed by atoms with Crippen LogP contribution in [0.4, 0.5) is 4.79 Å². The second kappa shape index (κ2) is 10.1. The Kier molecular flexibility index (Phi) is 6.82. The minimum atomic E-state index is -0.286. The largest absolute Gasteiger partial charge is 0.415 e. The average Bonchev–Trinajstić information content (AvgIpc) is 3.32. The number of carbonyl (C=O) groups excluding carboxylic acids is 1. The van der Waals surface area contributed by atoms with Crippen LogP contribution in [0.15, 0.2) is 61.3 Å². The maximum atomic E-state index is 12.5. The molecule has 2 aromatic heterocycles. The fourth-order valence-corrected chi connectivity index (χ4v) is 3.61. The van der Waals surface area contributed by atoms with Crippen molar-refractivity contribution in [3.05, 3.63) is 78.1 Å². The Balaban J connectivity index is 1.19. The van der Waals surface area contributed by atoms with E-state index in [2.05, 4.69) is 22.1 Å². The summed E-state index contributed by atoms with van der Waals surface area (Å²) in [7, 11) is 0. The highest BCUT2D eigenvalue weighted by molar-refractivity contribution is 5.70. The normalized spacial score (nSPS) is 14.4. The molecule has 0 spiro atoms. The van der Waals surface area contributed by atoms with Crippen molar-refractivity contribution in [1.82, 2.24) is 19.6 Å². The minimum absolute atomic E-state index is 0.286. The first kappa shape index (κ1) is 20.9. The van der Waals surface area contributed by atoms with Gasteiger partial charge in [-0.1, -0.05) is 18.2 Å². The second-order valence-corrected chi connectivity index (χ2v) is 7.99. The van der Waals surface area contributed by atoms with Crippen LogP contribution in [0.3, 0.4) is 0 Å². The monoisotopic (exact) mass is 420 g/mol. The zero-order valence-electron chi connectivity index (χ0n) is 17.8. The van der Waals surface area contributed by atoms with Crippen LogP contribution < -0.4 is 9.57 Å². The second-order valence-electron chi connectivity index (χ2n) is 7.99. The topological polar surface area (TPSA) is 69.5 Å². The smallest absolute Gasteiger partial charge is 0.413 e. The summed E-state index contributed by atoms with van der Waals surface area (Å²) in [6.45, 7) is 4.02. The number of likely N-dealkylation sites (tertiary alicyclic amines) is 1. The lowest BCUT2D eigenvalue weighted by molar-refractivity contribution is 0.0541. The summed E-state index contributed by atoms with van der Waals surface area (Å²) in [5.74, 6) is 1.00. The molecule has 7 heteroatoms. The van der Waals surface area contributed by atoms with E-state index >= 15 is 0 Å². The van der Waals surface area contributed by atoms with Crippen LogP contribution in [0, 0.1) is 12.8 Å². The number of rotatable bonds is 7. The van der Waals surface area contributed by atoms with Crippen LogP contribution in [-0.2, 0) is 12.8 Å². The van der Waals surface area contributed by atoms with Gasteiger partial charge in [0.05, 0.1) is 6.20 Å². The number of aromatic nitrogens is 3. The molecule has 162 valence electrons. The van der Waals surface area contributed by atoms with Gasteiger partial charge in [0, 0.05) is 31.2 Å². The number of aryl methyl sites for hydroxylation is 3. The molecule has 1 amide bonds. The molecule has 0 aliphatic carbocycles. The lowest BCUT2D eigenvalue weighted by Crippen LogP contribution is -2.41. The van der Waals surface area contributed by atoms with E-state index in [1.165, 1.54) is 11.1 Å². The fraction of sp³-hybridized carbons (Fsp3) is 0.375. The molecule has 0 N–H and O–H groups in total. The number of nitrogens with zero attached hydrogens (tertiary/aromatic N) is 4. The third-order valence-corrected chi connectivity index (χ3v) is 5.58. The van der Waals surface area contributed by atoms with Gasteiger partial charge in [-0.15, -0.1) is 0 Å². The van der Waals surface area contributed by atoms with E-state index in [1.54, 1.807) is 28.4 Å². The van der Waals surface area contributed by atoms with E-state index in [9.17, 15) is 4.79 Å². The zero-order valence-corrected chi connectivity index (χ0v) is 17.8. The van der Waals surface area contributed by atoms with E-state index in [0.717, 1.165) is 31.4 Å². The van der Waals surface area contributed by atoms with E-state index in [4.69, 9.17) is 9.57 Å². The molecule has 0 saturated carbocycles. The molecular weight excluding hydrogens is 392 g/mol. The average molecular weight is 421 g/mol. The Bertz CT molecular complexity index is 948. The van der Waals surface area contributed by atoms with Crippen LogP contribution in [-0.4, -0.2) is 45.4 Å². The fourth-order valence-electron chi connectivity index (χ4n) is 3.61. The zero-order chi connectivity index (χ0) is 21.5.